The van der Waals surface area contributed by atoms with Gasteiger partial charge >= 0.3 is 0 Å². The summed E-state index contributed by atoms with van der Waals surface area (Å²) >= 11 is 11.4. The minimum atomic E-state index is -0.301. The molecule has 0 N–H and O–H groups in total. The van der Waals surface area contributed by atoms with Crippen LogP contribution in [0.1, 0.15) is 19.3 Å². The van der Waals surface area contributed by atoms with Crippen LogP contribution in [0.5, 0.6) is 0 Å². The molecule has 76 valence electrons. The first-order chi connectivity index (χ1) is 6.61. The molecule has 14 heavy (non-hydrogen) atoms. The zero-order valence-electron chi connectivity index (χ0n) is 7.43. The van der Waals surface area contributed by atoms with Gasteiger partial charge in [-0.3, -0.25) is 9.59 Å². The molecule has 0 aliphatic carbocycles. The van der Waals surface area contributed by atoms with E-state index in [2.05, 4.69) is 0 Å². The predicted octanol–water partition coefficient (Wildman–Crippen LogP) is 1.64. The Morgan fingerprint density at radius 3 is 2.64 bits per heavy atom. The minimum Gasteiger partial charge on any atom is -0.334 e. The molecule has 2 heterocycles. The first kappa shape index (κ1) is 9.99. The number of hydrogen-bond acceptors (Lipinski definition) is 2. The molecule has 2 rings (SSSR count). The van der Waals surface area contributed by atoms with Crippen molar-refractivity contribution in [3.05, 3.63) is 10.1 Å². The summed E-state index contributed by atoms with van der Waals surface area (Å²) in [6, 6.07) is -0.000000000000000222. The highest BCUT2D eigenvalue weighted by Crippen LogP contribution is 2.30. The Bertz CT molecular complexity index is 338. The van der Waals surface area contributed by atoms with Gasteiger partial charge in [-0.1, -0.05) is 23.2 Å². The largest absolute Gasteiger partial charge is 0.334 e. The van der Waals surface area contributed by atoms with Gasteiger partial charge in [0.2, 0.25) is 0 Å². The van der Waals surface area contributed by atoms with E-state index in [4.69, 9.17) is 23.2 Å². The molecule has 1 unspecified atom stereocenters. The molecular formula is C9H9Cl2NO2. The Kier molecular flexibility index (Phi) is 2.54. The number of fused-ring (bicyclic) bond motifs is 1. The molecule has 1 saturated heterocycles. The van der Waals surface area contributed by atoms with Gasteiger partial charge in [0.15, 0.2) is 5.78 Å². The van der Waals surface area contributed by atoms with E-state index in [0.717, 1.165) is 12.8 Å². The third-order valence-electron chi connectivity index (χ3n) is 2.68. The van der Waals surface area contributed by atoms with E-state index in [1.165, 1.54) is 0 Å². The number of allylic oxidation sites excluding steroid dienone is 1. The van der Waals surface area contributed by atoms with Crippen LogP contribution in [0.4, 0.5) is 0 Å². The molecule has 0 radical (unpaired) electrons. The standard InChI is InChI=1S/C9H9Cl2NO2/c10-7-6(13)4-5-2-1-3-12(5)9(14)8(7)11/h5H,1-4H2. The predicted molar refractivity (Wildman–Crippen MR) is 53.1 cm³/mol. The Balaban J connectivity index is 2.38. The highest BCUT2D eigenvalue weighted by molar-refractivity contribution is 6.54. The van der Waals surface area contributed by atoms with Gasteiger partial charge in [0.1, 0.15) is 10.1 Å². The monoisotopic (exact) mass is 233 g/mol. The van der Waals surface area contributed by atoms with Crippen LogP contribution in [0.3, 0.4) is 0 Å². The van der Waals surface area contributed by atoms with Crippen molar-refractivity contribution in [1.82, 2.24) is 4.90 Å². The minimum absolute atomic E-state index is 0.000000000000000222. The van der Waals surface area contributed by atoms with Crippen molar-refractivity contribution in [3.8, 4) is 0 Å². The summed E-state index contributed by atoms with van der Waals surface area (Å²) in [5.74, 6) is -0.524. The molecule has 0 saturated carbocycles. The Morgan fingerprint density at radius 1 is 1.21 bits per heavy atom. The molecular weight excluding hydrogens is 225 g/mol. The van der Waals surface area contributed by atoms with Crippen molar-refractivity contribution in [2.75, 3.05) is 6.54 Å². The first-order valence-corrected chi connectivity index (χ1v) is 5.26. The summed E-state index contributed by atoms with van der Waals surface area (Å²) < 4.78 is 0. The number of halogens is 2. The molecule has 0 aromatic heterocycles. The van der Waals surface area contributed by atoms with Crippen molar-refractivity contribution < 1.29 is 9.59 Å². The van der Waals surface area contributed by atoms with Crippen molar-refractivity contribution >= 4 is 34.9 Å². The molecule has 1 amide bonds. The van der Waals surface area contributed by atoms with Gasteiger partial charge in [0.05, 0.1) is 0 Å². The van der Waals surface area contributed by atoms with Gasteiger partial charge in [-0.15, -0.1) is 0 Å². The van der Waals surface area contributed by atoms with Crippen LogP contribution in [0, 0.1) is 0 Å². The third kappa shape index (κ3) is 1.44. The average molecular weight is 234 g/mol. The van der Waals surface area contributed by atoms with Gasteiger partial charge in [0.25, 0.3) is 5.91 Å². The molecule has 1 atom stereocenters. The molecule has 2 aliphatic heterocycles. The van der Waals surface area contributed by atoms with E-state index < -0.39 is 0 Å². The van der Waals surface area contributed by atoms with Crippen LogP contribution in [-0.4, -0.2) is 29.2 Å². The highest BCUT2D eigenvalue weighted by atomic mass is 35.5. The van der Waals surface area contributed by atoms with Gasteiger partial charge in [-0.25, -0.2) is 0 Å². The van der Waals surface area contributed by atoms with E-state index in [-0.39, 0.29) is 27.8 Å². The quantitative estimate of drug-likeness (QED) is 0.638. The molecule has 1 fully saturated rings. The first-order valence-electron chi connectivity index (χ1n) is 4.50. The average Bonchev–Trinajstić information content (AvgIpc) is 2.59. The van der Waals surface area contributed by atoms with Crippen LogP contribution in [0.2, 0.25) is 0 Å². The van der Waals surface area contributed by atoms with E-state index in [9.17, 15) is 9.59 Å². The van der Waals surface area contributed by atoms with Crippen molar-refractivity contribution in [3.63, 3.8) is 0 Å². The number of ketones is 1. The number of hydrogen-bond donors (Lipinski definition) is 0. The van der Waals surface area contributed by atoms with E-state index in [1.807, 2.05) is 0 Å². The molecule has 3 nitrogen and oxygen atoms in total. The molecule has 0 aromatic rings. The summed E-state index contributed by atoms with van der Waals surface area (Å²) in [6.45, 7) is 0.678. The number of nitrogens with zero attached hydrogens (tertiary/aromatic N) is 1. The molecule has 0 spiro atoms. The third-order valence-corrected chi connectivity index (χ3v) is 3.53. The Hall–Kier alpha value is -0.540. The SMILES string of the molecule is O=C1CC2CCCN2C(=O)C(Cl)=C1Cl. The number of carbonyl (C=O) groups excluding carboxylic acids is 2. The zero-order valence-corrected chi connectivity index (χ0v) is 8.94. The van der Waals surface area contributed by atoms with Crippen LogP contribution in [0.15, 0.2) is 10.1 Å². The normalized spacial score (nSPS) is 28.1. The highest BCUT2D eigenvalue weighted by Gasteiger charge is 2.36. The fourth-order valence-electron chi connectivity index (χ4n) is 1.96. The lowest BCUT2D eigenvalue weighted by Crippen LogP contribution is -2.34. The van der Waals surface area contributed by atoms with Crippen LogP contribution in [0.25, 0.3) is 0 Å². The Morgan fingerprint density at radius 2 is 1.93 bits per heavy atom. The van der Waals surface area contributed by atoms with Gasteiger partial charge in [-0.2, -0.15) is 0 Å². The smallest absolute Gasteiger partial charge is 0.267 e. The summed E-state index contributed by atoms with van der Waals surface area (Å²) in [4.78, 5) is 24.8. The van der Waals surface area contributed by atoms with E-state index in [1.54, 1.807) is 4.90 Å². The summed E-state index contributed by atoms with van der Waals surface area (Å²) in [6.07, 6.45) is 2.11. The van der Waals surface area contributed by atoms with E-state index >= 15 is 0 Å². The second-order valence-corrected chi connectivity index (χ2v) is 4.31. The maximum Gasteiger partial charge on any atom is 0.267 e. The molecule has 0 aromatic carbocycles. The number of amides is 1. The van der Waals surface area contributed by atoms with Gasteiger partial charge < -0.3 is 4.90 Å². The summed E-state index contributed by atoms with van der Waals surface area (Å²) in [7, 11) is 0. The van der Waals surface area contributed by atoms with Gasteiger partial charge in [0, 0.05) is 19.0 Å². The fraction of sp³-hybridized carbons (Fsp3) is 0.556. The van der Waals surface area contributed by atoms with Crippen molar-refractivity contribution in [2.45, 2.75) is 25.3 Å². The lowest BCUT2D eigenvalue weighted by molar-refractivity contribution is -0.127. The number of rotatable bonds is 0. The number of Topliss-reactive ketones (excluding diaryl/α,β-unsaturated/α-hetero) is 1. The van der Waals surface area contributed by atoms with Crippen molar-refractivity contribution in [2.24, 2.45) is 0 Å². The maximum absolute atomic E-state index is 11.7. The van der Waals surface area contributed by atoms with E-state index in [0.29, 0.717) is 13.0 Å². The second kappa shape index (κ2) is 3.55. The lowest BCUT2D eigenvalue weighted by Gasteiger charge is -2.20. The van der Waals surface area contributed by atoms with Crippen molar-refractivity contribution in [1.29, 1.82) is 0 Å². The van der Waals surface area contributed by atoms with Crippen LogP contribution < -0.4 is 0 Å². The summed E-state index contributed by atoms with van der Waals surface area (Å²) in [5, 5.41) is -0.230. The number of carbonyl (C=O) groups is 2. The van der Waals surface area contributed by atoms with Gasteiger partial charge in [-0.05, 0) is 12.8 Å². The van der Waals surface area contributed by atoms with Crippen LogP contribution >= 0.6 is 23.2 Å². The topological polar surface area (TPSA) is 37.4 Å². The summed E-state index contributed by atoms with van der Waals surface area (Å²) in [5.41, 5.74) is 0. The lowest BCUT2D eigenvalue weighted by atomic mass is 10.1. The Labute approximate surface area is 91.6 Å². The molecule has 2 aliphatic rings. The van der Waals surface area contributed by atoms with Crippen LogP contribution in [-0.2, 0) is 9.59 Å². The second-order valence-electron chi connectivity index (χ2n) is 3.55. The fourth-order valence-corrected chi connectivity index (χ4v) is 2.33. The zero-order chi connectivity index (χ0) is 10.3. The maximum atomic E-state index is 11.7. The molecule has 0 bridgehead atoms. The molecule has 5 heteroatoms.